The van der Waals surface area contributed by atoms with E-state index in [9.17, 15) is 4.79 Å². The Kier molecular flexibility index (Phi) is 3.42. The van der Waals surface area contributed by atoms with E-state index in [0.717, 1.165) is 10.9 Å². The number of nitrogens with zero attached hydrogens (tertiary/aromatic N) is 1. The fourth-order valence-electron chi connectivity index (χ4n) is 2.90. The van der Waals surface area contributed by atoms with Crippen LogP contribution in [0.1, 0.15) is 37.2 Å². The summed E-state index contributed by atoms with van der Waals surface area (Å²) < 4.78 is 7.40. The summed E-state index contributed by atoms with van der Waals surface area (Å²) in [7, 11) is 0. The smallest absolute Gasteiger partial charge is 0.338 e. The maximum absolute atomic E-state index is 11.9. The van der Waals surface area contributed by atoms with Crippen molar-refractivity contribution in [3.8, 4) is 0 Å². The van der Waals surface area contributed by atoms with Gasteiger partial charge in [-0.2, -0.15) is 0 Å². The summed E-state index contributed by atoms with van der Waals surface area (Å²) in [5.74, 6) is -0.263. The van der Waals surface area contributed by atoms with Gasteiger partial charge < -0.3 is 9.30 Å². The lowest BCUT2D eigenvalue weighted by atomic mass is 10.1. The summed E-state index contributed by atoms with van der Waals surface area (Å²) in [4.78, 5) is 11.9. The third-order valence-corrected chi connectivity index (χ3v) is 3.74. The number of carbonyl (C=O) groups is 1. The Bertz CT molecular complexity index is 815. The maximum Gasteiger partial charge on any atom is 0.338 e. The van der Waals surface area contributed by atoms with Crippen molar-refractivity contribution in [1.29, 1.82) is 0 Å². The summed E-state index contributed by atoms with van der Waals surface area (Å²) in [5.41, 5.74) is 2.96. The number of aromatic nitrogens is 1. The number of para-hydroxylation sites is 1. The first-order valence-electron chi connectivity index (χ1n) is 7.33. The molecule has 0 saturated carbocycles. The number of hydrogen-bond acceptors (Lipinski definition) is 2. The molecular formula is C18H19NO2. The van der Waals surface area contributed by atoms with E-state index in [1.807, 2.05) is 37.3 Å². The molecule has 0 N–H and O–H groups in total. The Balaban J connectivity index is 2.31. The van der Waals surface area contributed by atoms with Crippen LogP contribution in [0.2, 0.25) is 0 Å². The van der Waals surface area contributed by atoms with Gasteiger partial charge >= 0.3 is 5.97 Å². The van der Waals surface area contributed by atoms with Crippen LogP contribution in [0.15, 0.2) is 42.5 Å². The van der Waals surface area contributed by atoms with Crippen molar-refractivity contribution in [2.45, 2.75) is 26.8 Å². The molecule has 2 aromatic carbocycles. The van der Waals surface area contributed by atoms with E-state index < -0.39 is 0 Å². The minimum atomic E-state index is -0.263. The van der Waals surface area contributed by atoms with E-state index in [2.05, 4.69) is 30.5 Å². The fraction of sp³-hybridized carbons (Fsp3) is 0.278. The van der Waals surface area contributed by atoms with Crippen molar-refractivity contribution in [3.63, 3.8) is 0 Å². The van der Waals surface area contributed by atoms with Crippen molar-refractivity contribution in [2.75, 3.05) is 6.61 Å². The molecule has 108 valence electrons. The minimum absolute atomic E-state index is 0.263. The third kappa shape index (κ3) is 2.19. The molecule has 0 amide bonds. The molecule has 3 heteroatoms. The Labute approximate surface area is 124 Å². The lowest BCUT2D eigenvalue weighted by Gasteiger charge is -2.11. The molecule has 0 aliphatic rings. The normalized spacial score (nSPS) is 11.4. The molecule has 21 heavy (non-hydrogen) atoms. The van der Waals surface area contributed by atoms with Gasteiger partial charge in [0.25, 0.3) is 0 Å². The predicted octanol–water partition coefficient (Wildman–Crippen LogP) is 4.55. The monoisotopic (exact) mass is 281 g/mol. The van der Waals surface area contributed by atoms with Gasteiger partial charge in [0, 0.05) is 27.8 Å². The van der Waals surface area contributed by atoms with Crippen LogP contribution in [0, 0.1) is 0 Å². The van der Waals surface area contributed by atoms with Crippen molar-refractivity contribution in [1.82, 2.24) is 4.57 Å². The summed E-state index contributed by atoms with van der Waals surface area (Å²) in [6.45, 7) is 6.56. The van der Waals surface area contributed by atoms with Gasteiger partial charge in [0.1, 0.15) is 0 Å². The van der Waals surface area contributed by atoms with Gasteiger partial charge in [0.05, 0.1) is 12.2 Å². The van der Waals surface area contributed by atoms with Crippen LogP contribution in [0.4, 0.5) is 0 Å². The topological polar surface area (TPSA) is 31.2 Å². The number of esters is 1. The first-order chi connectivity index (χ1) is 10.1. The number of carbonyl (C=O) groups excluding carboxylic acids is 1. The Morgan fingerprint density at radius 3 is 2.52 bits per heavy atom. The molecule has 0 spiro atoms. The van der Waals surface area contributed by atoms with Crippen molar-refractivity contribution in [2.24, 2.45) is 0 Å². The zero-order valence-electron chi connectivity index (χ0n) is 12.6. The highest BCUT2D eigenvalue weighted by Gasteiger charge is 2.15. The second kappa shape index (κ2) is 5.24. The van der Waals surface area contributed by atoms with E-state index in [1.54, 1.807) is 0 Å². The quantitative estimate of drug-likeness (QED) is 0.659. The largest absolute Gasteiger partial charge is 0.462 e. The van der Waals surface area contributed by atoms with E-state index >= 15 is 0 Å². The number of hydrogen-bond donors (Lipinski definition) is 0. The van der Waals surface area contributed by atoms with Gasteiger partial charge in [-0.1, -0.05) is 18.2 Å². The molecule has 0 fully saturated rings. The number of rotatable bonds is 3. The standard InChI is InChI=1S/C18H19NO2/c1-4-21-18(20)13-9-10-17-15(11-13)14-7-5-6-8-16(14)19(17)12(2)3/h5-12H,4H2,1-3H3. The van der Waals surface area contributed by atoms with Crippen LogP contribution >= 0.6 is 0 Å². The average molecular weight is 281 g/mol. The second-order valence-corrected chi connectivity index (χ2v) is 5.43. The molecule has 0 atom stereocenters. The van der Waals surface area contributed by atoms with E-state index in [-0.39, 0.29) is 5.97 Å². The maximum atomic E-state index is 11.9. The number of fused-ring (bicyclic) bond motifs is 3. The predicted molar refractivity (Wildman–Crippen MR) is 85.8 cm³/mol. The minimum Gasteiger partial charge on any atom is -0.462 e. The number of ether oxygens (including phenoxy) is 1. The van der Waals surface area contributed by atoms with Crippen LogP contribution < -0.4 is 0 Å². The molecule has 1 heterocycles. The highest BCUT2D eigenvalue weighted by Crippen LogP contribution is 2.32. The van der Waals surface area contributed by atoms with Crippen molar-refractivity contribution < 1.29 is 9.53 Å². The van der Waals surface area contributed by atoms with Crippen molar-refractivity contribution in [3.05, 3.63) is 48.0 Å². The SMILES string of the molecule is CCOC(=O)c1ccc2c(c1)c1ccccc1n2C(C)C. The lowest BCUT2D eigenvalue weighted by Crippen LogP contribution is -2.04. The summed E-state index contributed by atoms with van der Waals surface area (Å²) in [5, 5.41) is 2.28. The van der Waals surface area contributed by atoms with Gasteiger partial charge in [0.2, 0.25) is 0 Å². The van der Waals surface area contributed by atoms with Crippen LogP contribution in [0.25, 0.3) is 21.8 Å². The zero-order chi connectivity index (χ0) is 15.0. The Morgan fingerprint density at radius 1 is 1.10 bits per heavy atom. The lowest BCUT2D eigenvalue weighted by molar-refractivity contribution is 0.0526. The summed E-state index contributed by atoms with van der Waals surface area (Å²) >= 11 is 0. The second-order valence-electron chi connectivity index (χ2n) is 5.43. The summed E-state index contributed by atoms with van der Waals surface area (Å²) in [6, 6.07) is 14.5. The zero-order valence-corrected chi connectivity index (χ0v) is 12.6. The fourth-order valence-corrected chi connectivity index (χ4v) is 2.90. The molecule has 0 bridgehead atoms. The van der Waals surface area contributed by atoms with Gasteiger partial charge in [-0.15, -0.1) is 0 Å². The van der Waals surface area contributed by atoms with Crippen molar-refractivity contribution >= 4 is 27.8 Å². The molecule has 0 saturated heterocycles. The van der Waals surface area contributed by atoms with E-state index in [0.29, 0.717) is 18.2 Å². The molecule has 1 aromatic heterocycles. The molecule has 0 radical (unpaired) electrons. The molecule has 0 aliphatic heterocycles. The third-order valence-electron chi connectivity index (χ3n) is 3.74. The molecule has 0 unspecified atom stereocenters. The first-order valence-corrected chi connectivity index (χ1v) is 7.33. The van der Waals surface area contributed by atoms with Crippen LogP contribution in [-0.4, -0.2) is 17.1 Å². The Morgan fingerprint density at radius 2 is 1.81 bits per heavy atom. The molecule has 3 rings (SSSR count). The number of benzene rings is 2. The highest BCUT2D eigenvalue weighted by molar-refractivity contribution is 6.10. The van der Waals surface area contributed by atoms with E-state index in [1.165, 1.54) is 10.9 Å². The van der Waals surface area contributed by atoms with Gasteiger partial charge in [-0.25, -0.2) is 4.79 Å². The van der Waals surface area contributed by atoms with Gasteiger partial charge in [-0.05, 0) is 45.0 Å². The van der Waals surface area contributed by atoms with Crippen LogP contribution in [0.3, 0.4) is 0 Å². The Hall–Kier alpha value is -2.29. The molecule has 0 aliphatic carbocycles. The molecule has 3 aromatic rings. The average Bonchev–Trinajstić information content (AvgIpc) is 2.81. The molecule has 3 nitrogen and oxygen atoms in total. The molecular weight excluding hydrogens is 262 g/mol. The van der Waals surface area contributed by atoms with Crippen LogP contribution in [-0.2, 0) is 4.74 Å². The van der Waals surface area contributed by atoms with Crippen LogP contribution in [0.5, 0.6) is 0 Å². The van der Waals surface area contributed by atoms with Gasteiger partial charge in [-0.3, -0.25) is 0 Å². The summed E-state index contributed by atoms with van der Waals surface area (Å²) in [6.07, 6.45) is 0. The first kappa shape index (κ1) is 13.7. The highest BCUT2D eigenvalue weighted by atomic mass is 16.5. The van der Waals surface area contributed by atoms with E-state index in [4.69, 9.17) is 4.74 Å². The van der Waals surface area contributed by atoms with Gasteiger partial charge in [0.15, 0.2) is 0 Å².